The minimum atomic E-state index is -0.0276. The van der Waals surface area contributed by atoms with Crippen LogP contribution >= 0.6 is 22.9 Å². The fourth-order valence-electron chi connectivity index (χ4n) is 2.53. The number of aromatic nitrogens is 2. The molecule has 0 aliphatic carbocycles. The van der Waals surface area contributed by atoms with Gasteiger partial charge in [0.1, 0.15) is 12.1 Å². The number of anilines is 1. The Hall–Kier alpha value is -1.70. The highest BCUT2D eigenvalue weighted by molar-refractivity contribution is 7.17. The number of ether oxygens (including phenoxy) is 1. The third-order valence-corrected chi connectivity index (χ3v) is 5.14. The molecule has 3 heterocycles. The van der Waals surface area contributed by atoms with E-state index >= 15 is 0 Å². The molecule has 1 aliphatic heterocycles. The summed E-state index contributed by atoms with van der Waals surface area (Å²) in [5, 5.41) is 3.24. The third kappa shape index (κ3) is 4.23. The first-order valence-electron chi connectivity index (χ1n) is 7.78. The van der Waals surface area contributed by atoms with E-state index in [1.807, 2.05) is 6.07 Å². The minimum Gasteiger partial charge on any atom is -0.381 e. The molecule has 2 aromatic rings. The highest BCUT2D eigenvalue weighted by Crippen LogP contribution is 2.24. The SMILES string of the molecule is CN(CCNc1cc([C@H]2CCOC2)ncn1)C(=O)c1ccc(Cl)s1. The van der Waals surface area contributed by atoms with E-state index in [4.69, 9.17) is 16.3 Å². The summed E-state index contributed by atoms with van der Waals surface area (Å²) in [6.07, 6.45) is 2.57. The van der Waals surface area contributed by atoms with Gasteiger partial charge in [-0.1, -0.05) is 11.6 Å². The van der Waals surface area contributed by atoms with Gasteiger partial charge in [-0.2, -0.15) is 0 Å². The number of hydrogen-bond donors (Lipinski definition) is 1. The number of nitrogens with zero attached hydrogens (tertiary/aromatic N) is 3. The summed E-state index contributed by atoms with van der Waals surface area (Å²) in [6, 6.07) is 5.44. The summed E-state index contributed by atoms with van der Waals surface area (Å²) < 4.78 is 6.02. The second-order valence-corrected chi connectivity index (χ2v) is 7.36. The molecule has 1 aliphatic rings. The van der Waals surface area contributed by atoms with Gasteiger partial charge >= 0.3 is 0 Å². The number of carbonyl (C=O) groups is 1. The molecule has 1 N–H and O–H groups in total. The van der Waals surface area contributed by atoms with Gasteiger partial charge in [-0.3, -0.25) is 4.79 Å². The third-order valence-electron chi connectivity index (χ3n) is 3.92. The maximum atomic E-state index is 12.2. The quantitative estimate of drug-likeness (QED) is 0.851. The zero-order valence-electron chi connectivity index (χ0n) is 13.4. The molecule has 1 atom stereocenters. The number of nitrogens with one attached hydrogen (secondary N) is 1. The number of likely N-dealkylation sites (N-methyl/N-ethyl adjacent to an activating group) is 1. The summed E-state index contributed by atoms with van der Waals surface area (Å²) in [7, 11) is 1.78. The van der Waals surface area contributed by atoms with Gasteiger partial charge in [0, 0.05) is 38.7 Å². The lowest BCUT2D eigenvalue weighted by Crippen LogP contribution is -2.31. The molecule has 2 aromatic heterocycles. The fraction of sp³-hybridized carbons (Fsp3) is 0.438. The van der Waals surface area contributed by atoms with Crippen LogP contribution in [-0.4, -0.2) is 54.1 Å². The Labute approximate surface area is 149 Å². The molecule has 0 bridgehead atoms. The van der Waals surface area contributed by atoms with Gasteiger partial charge in [0.05, 0.1) is 21.5 Å². The van der Waals surface area contributed by atoms with Crippen molar-refractivity contribution in [3.63, 3.8) is 0 Å². The van der Waals surface area contributed by atoms with Gasteiger partial charge in [0.15, 0.2) is 0 Å². The van der Waals surface area contributed by atoms with Crippen molar-refractivity contribution in [2.24, 2.45) is 0 Å². The smallest absolute Gasteiger partial charge is 0.263 e. The summed E-state index contributed by atoms with van der Waals surface area (Å²) in [5.41, 5.74) is 1.00. The maximum Gasteiger partial charge on any atom is 0.263 e. The Morgan fingerprint density at radius 3 is 3.08 bits per heavy atom. The van der Waals surface area contributed by atoms with Gasteiger partial charge in [0.2, 0.25) is 0 Å². The number of carbonyl (C=O) groups excluding carboxylic acids is 1. The Balaban J connectivity index is 1.50. The first-order valence-corrected chi connectivity index (χ1v) is 8.97. The van der Waals surface area contributed by atoms with Crippen molar-refractivity contribution in [3.05, 3.63) is 39.4 Å². The highest BCUT2D eigenvalue weighted by Gasteiger charge is 2.19. The lowest BCUT2D eigenvalue weighted by Gasteiger charge is -2.17. The topological polar surface area (TPSA) is 67.3 Å². The van der Waals surface area contributed by atoms with E-state index in [0.29, 0.717) is 28.2 Å². The van der Waals surface area contributed by atoms with Crippen LogP contribution in [0.5, 0.6) is 0 Å². The number of hydrogen-bond acceptors (Lipinski definition) is 6. The molecule has 0 aromatic carbocycles. The molecule has 1 amide bonds. The molecule has 24 heavy (non-hydrogen) atoms. The van der Waals surface area contributed by atoms with Crippen LogP contribution in [0.3, 0.4) is 0 Å². The molecule has 3 rings (SSSR count). The maximum absolute atomic E-state index is 12.2. The zero-order valence-corrected chi connectivity index (χ0v) is 14.9. The first kappa shape index (κ1) is 17.1. The standard InChI is InChI=1S/C16H19ClN4O2S/c1-21(16(22)13-2-3-14(17)24-13)6-5-18-15-8-12(19-10-20-15)11-4-7-23-9-11/h2-3,8,10-11H,4-7,9H2,1H3,(H,18,19,20)/t11-/m0/s1. The van der Waals surface area contributed by atoms with Crippen LogP contribution in [0.2, 0.25) is 4.34 Å². The minimum absolute atomic E-state index is 0.0276. The largest absolute Gasteiger partial charge is 0.381 e. The van der Waals surface area contributed by atoms with Crippen LogP contribution in [0, 0.1) is 0 Å². The van der Waals surface area contributed by atoms with Crippen molar-refractivity contribution >= 4 is 34.7 Å². The average molecular weight is 367 g/mol. The summed E-state index contributed by atoms with van der Waals surface area (Å²) in [4.78, 5) is 23.1. The monoisotopic (exact) mass is 366 g/mol. The molecule has 0 saturated carbocycles. The second-order valence-electron chi connectivity index (χ2n) is 5.65. The van der Waals surface area contributed by atoms with Gasteiger partial charge in [-0.25, -0.2) is 9.97 Å². The first-order chi connectivity index (χ1) is 11.6. The molecule has 0 unspecified atom stereocenters. The molecule has 0 radical (unpaired) electrons. The molecule has 0 spiro atoms. The average Bonchev–Trinajstić information content (AvgIpc) is 3.26. The van der Waals surface area contributed by atoms with E-state index in [2.05, 4.69) is 15.3 Å². The van der Waals surface area contributed by atoms with Crippen molar-refractivity contribution < 1.29 is 9.53 Å². The van der Waals surface area contributed by atoms with Crippen LogP contribution < -0.4 is 5.32 Å². The molecule has 1 fully saturated rings. The molecule has 6 nitrogen and oxygen atoms in total. The lowest BCUT2D eigenvalue weighted by molar-refractivity contribution is 0.0805. The Morgan fingerprint density at radius 2 is 2.38 bits per heavy atom. The number of halogens is 1. The van der Waals surface area contributed by atoms with Gasteiger partial charge in [-0.05, 0) is 18.6 Å². The van der Waals surface area contributed by atoms with E-state index in [-0.39, 0.29) is 5.91 Å². The number of rotatable bonds is 6. The number of amides is 1. The predicted octanol–water partition coefficient (Wildman–Crippen LogP) is 2.88. The van der Waals surface area contributed by atoms with E-state index in [0.717, 1.165) is 31.1 Å². The van der Waals surface area contributed by atoms with Crippen molar-refractivity contribution in [1.82, 2.24) is 14.9 Å². The normalized spacial score (nSPS) is 17.0. The van der Waals surface area contributed by atoms with Crippen molar-refractivity contribution in [1.29, 1.82) is 0 Å². The van der Waals surface area contributed by atoms with E-state index in [1.165, 1.54) is 11.3 Å². The predicted molar refractivity (Wildman–Crippen MR) is 95.0 cm³/mol. The van der Waals surface area contributed by atoms with E-state index in [9.17, 15) is 4.79 Å². The van der Waals surface area contributed by atoms with Crippen LogP contribution in [0.15, 0.2) is 24.5 Å². The summed E-state index contributed by atoms with van der Waals surface area (Å²) >= 11 is 7.17. The summed E-state index contributed by atoms with van der Waals surface area (Å²) in [5.74, 6) is 1.09. The molecular weight excluding hydrogens is 348 g/mol. The van der Waals surface area contributed by atoms with Gasteiger partial charge in [-0.15, -0.1) is 11.3 Å². The number of thiophene rings is 1. The van der Waals surface area contributed by atoms with E-state index in [1.54, 1.807) is 30.4 Å². The van der Waals surface area contributed by atoms with Gasteiger partial charge < -0.3 is 15.0 Å². The van der Waals surface area contributed by atoms with Crippen molar-refractivity contribution in [2.75, 3.05) is 38.7 Å². The Morgan fingerprint density at radius 1 is 1.50 bits per heavy atom. The Kier molecular flexibility index (Phi) is 5.65. The lowest BCUT2D eigenvalue weighted by atomic mass is 10.1. The second kappa shape index (κ2) is 7.92. The Bertz CT molecular complexity index is 703. The van der Waals surface area contributed by atoms with Crippen LogP contribution in [0.25, 0.3) is 0 Å². The van der Waals surface area contributed by atoms with Crippen LogP contribution in [0.1, 0.15) is 27.7 Å². The van der Waals surface area contributed by atoms with Crippen LogP contribution in [-0.2, 0) is 4.74 Å². The molecule has 128 valence electrons. The van der Waals surface area contributed by atoms with Crippen molar-refractivity contribution in [2.45, 2.75) is 12.3 Å². The molecule has 8 heteroatoms. The summed E-state index contributed by atoms with van der Waals surface area (Å²) in [6.45, 7) is 2.69. The molecule has 1 saturated heterocycles. The van der Waals surface area contributed by atoms with E-state index < -0.39 is 0 Å². The zero-order chi connectivity index (χ0) is 16.9. The fourth-order valence-corrected chi connectivity index (χ4v) is 3.57. The highest BCUT2D eigenvalue weighted by atomic mass is 35.5. The van der Waals surface area contributed by atoms with Crippen molar-refractivity contribution in [3.8, 4) is 0 Å². The van der Waals surface area contributed by atoms with Crippen LogP contribution in [0.4, 0.5) is 5.82 Å². The molecular formula is C16H19ClN4O2S. The van der Waals surface area contributed by atoms with Gasteiger partial charge in [0.25, 0.3) is 5.91 Å².